The van der Waals surface area contributed by atoms with E-state index in [0.29, 0.717) is 0 Å². The van der Waals surface area contributed by atoms with Crippen LogP contribution in [0.25, 0.3) is 0 Å². The van der Waals surface area contributed by atoms with Crippen LogP contribution in [0.5, 0.6) is 0 Å². The summed E-state index contributed by atoms with van der Waals surface area (Å²) >= 11 is 0. The van der Waals surface area contributed by atoms with E-state index in [0.717, 1.165) is 5.92 Å². The van der Waals surface area contributed by atoms with Crippen LogP contribution in [0.15, 0.2) is 0 Å². The van der Waals surface area contributed by atoms with Crippen LogP contribution in [0.4, 0.5) is 0 Å². The van der Waals surface area contributed by atoms with Crippen LogP contribution in [0, 0.1) is 5.92 Å². The first-order chi connectivity index (χ1) is 6.45. The molecule has 0 spiro atoms. The molecule has 84 valence electrons. The SMILES string of the molecule is C1CCN(CC2CCNCC2)CC1.Cl. The van der Waals surface area contributed by atoms with Gasteiger partial charge in [0.15, 0.2) is 0 Å². The lowest BCUT2D eigenvalue weighted by molar-refractivity contribution is 0.177. The average Bonchev–Trinajstić information content (AvgIpc) is 2.21. The topological polar surface area (TPSA) is 15.3 Å². The lowest BCUT2D eigenvalue weighted by Crippen LogP contribution is -2.38. The van der Waals surface area contributed by atoms with E-state index in [1.165, 1.54) is 64.8 Å². The molecule has 2 saturated heterocycles. The second-order valence-electron chi connectivity index (χ2n) is 4.55. The van der Waals surface area contributed by atoms with E-state index < -0.39 is 0 Å². The van der Waals surface area contributed by atoms with Crippen molar-refractivity contribution in [3.8, 4) is 0 Å². The molecule has 14 heavy (non-hydrogen) atoms. The molecule has 0 aromatic rings. The van der Waals surface area contributed by atoms with Gasteiger partial charge in [-0.3, -0.25) is 0 Å². The molecule has 2 rings (SSSR count). The molecule has 0 aromatic heterocycles. The number of halogens is 1. The van der Waals surface area contributed by atoms with Crippen molar-refractivity contribution < 1.29 is 0 Å². The van der Waals surface area contributed by atoms with Gasteiger partial charge >= 0.3 is 0 Å². The monoisotopic (exact) mass is 218 g/mol. The highest BCUT2D eigenvalue weighted by molar-refractivity contribution is 5.85. The second kappa shape index (κ2) is 6.65. The van der Waals surface area contributed by atoms with Gasteiger partial charge in [-0.2, -0.15) is 0 Å². The van der Waals surface area contributed by atoms with E-state index in [1.54, 1.807) is 0 Å². The molecule has 0 amide bonds. The third-order valence-electron chi connectivity index (χ3n) is 3.42. The van der Waals surface area contributed by atoms with Gasteiger partial charge in [0.05, 0.1) is 0 Å². The van der Waals surface area contributed by atoms with Crippen LogP contribution in [0.3, 0.4) is 0 Å². The summed E-state index contributed by atoms with van der Waals surface area (Å²) in [6.07, 6.45) is 7.13. The smallest absolute Gasteiger partial charge is 0.00106 e. The van der Waals surface area contributed by atoms with Crippen LogP contribution < -0.4 is 5.32 Å². The number of hydrogen-bond donors (Lipinski definition) is 1. The van der Waals surface area contributed by atoms with E-state index in [9.17, 15) is 0 Å². The first kappa shape index (κ1) is 12.3. The minimum absolute atomic E-state index is 0. The summed E-state index contributed by atoms with van der Waals surface area (Å²) in [7, 11) is 0. The molecule has 2 aliphatic rings. The van der Waals surface area contributed by atoms with Crippen LogP contribution in [-0.4, -0.2) is 37.6 Å². The summed E-state index contributed by atoms with van der Waals surface area (Å²) in [6.45, 7) is 6.60. The highest BCUT2D eigenvalue weighted by Gasteiger charge is 2.17. The Morgan fingerprint density at radius 1 is 1.00 bits per heavy atom. The van der Waals surface area contributed by atoms with Gasteiger partial charge in [-0.1, -0.05) is 6.42 Å². The maximum Gasteiger partial charge on any atom is 0.00106 e. The second-order valence-corrected chi connectivity index (χ2v) is 4.55. The Bertz CT molecular complexity index is 124. The Morgan fingerprint density at radius 3 is 2.29 bits per heavy atom. The van der Waals surface area contributed by atoms with E-state index in [2.05, 4.69) is 10.2 Å². The summed E-state index contributed by atoms with van der Waals surface area (Å²) < 4.78 is 0. The van der Waals surface area contributed by atoms with E-state index >= 15 is 0 Å². The molecule has 2 nitrogen and oxygen atoms in total. The van der Waals surface area contributed by atoms with Gasteiger partial charge in [-0.05, 0) is 57.8 Å². The van der Waals surface area contributed by atoms with Crippen molar-refractivity contribution in [1.82, 2.24) is 10.2 Å². The van der Waals surface area contributed by atoms with Crippen molar-refractivity contribution >= 4 is 12.4 Å². The fourth-order valence-corrected chi connectivity index (χ4v) is 2.57. The van der Waals surface area contributed by atoms with Gasteiger partial charge in [0, 0.05) is 6.54 Å². The van der Waals surface area contributed by atoms with Crippen LogP contribution in [-0.2, 0) is 0 Å². The summed E-state index contributed by atoms with van der Waals surface area (Å²) in [5.74, 6) is 0.986. The van der Waals surface area contributed by atoms with Crippen molar-refractivity contribution in [1.29, 1.82) is 0 Å². The van der Waals surface area contributed by atoms with Crippen molar-refractivity contribution in [3.63, 3.8) is 0 Å². The largest absolute Gasteiger partial charge is 0.317 e. The van der Waals surface area contributed by atoms with Gasteiger partial charge in [0.25, 0.3) is 0 Å². The minimum atomic E-state index is 0. The molecule has 0 bridgehead atoms. The fraction of sp³-hybridized carbons (Fsp3) is 1.00. The number of piperidine rings is 2. The Balaban J connectivity index is 0.000000980. The predicted octanol–water partition coefficient (Wildman–Crippen LogP) is 1.89. The zero-order valence-electron chi connectivity index (χ0n) is 9.00. The molecule has 1 N–H and O–H groups in total. The molecule has 0 unspecified atom stereocenters. The van der Waals surface area contributed by atoms with Gasteiger partial charge < -0.3 is 10.2 Å². The summed E-state index contributed by atoms with van der Waals surface area (Å²) in [6, 6.07) is 0. The van der Waals surface area contributed by atoms with Crippen LogP contribution in [0.2, 0.25) is 0 Å². The Kier molecular flexibility index (Phi) is 5.83. The first-order valence-electron chi connectivity index (χ1n) is 5.88. The Labute approximate surface area is 93.8 Å². The number of nitrogens with zero attached hydrogens (tertiary/aromatic N) is 1. The van der Waals surface area contributed by atoms with Crippen molar-refractivity contribution in [2.24, 2.45) is 5.92 Å². The zero-order valence-corrected chi connectivity index (χ0v) is 9.82. The highest BCUT2D eigenvalue weighted by atomic mass is 35.5. The predicted molar refractivity (Wildman–Crippen MR) is 63.1 cm³/mol. The maximum atomic E-state index is 3.43. The lowest BCUT2D eigenvalue weighted by Gasteiger charge is -2.32. The third kappa shape index (κ3) is 3.76. The van der Waals surface area contributed by atoms with Gasteiger partial charge in [0.1, 0.15) is 0 Å². The highest BCUT2D eigenvalue weighted by Crippen LogP contribution is 2.16. The normalized spacial score (nSPS) is 25.7. The zero-order chi connectivity index (χ0) is 8.93. The molecule has 2 aliphatic heterocycles. The molecule has 0 aromatic carbocycles. The van der Waals surface area contributed by atoms with Gasteiger partial charge in [0.2, 0.25) is 0 Å². The molecule has 0 atom stereocenters. The summed E-state index contributed by atoms with van der Waals surface area (Å²) in [4.78, 5) is 2.68. The molecular formula is C11H23ClN2. The van der Waals surface area contributed by atoms with Gasteiger partial charge in [-0.25, -0.2) is 0 Å². The number of hydrogen-bond acceptors (Lipinski definition) is 2. The molecule has 0 saturated carbocycles. The number of rotatable bonds is 2. The molecule has 0 aliphatic carbocycles. The Hall–Kier alpha value is 0.210. The van der Waals surface area contributed by atoms with Gasteiger partial charge in [-0.15, -0.1) is 12.4 Å². The van der Waals surface area contributed by atoms with E-state index in [-0.39, 0.29) is 12.4 Å². The summed E-state index contributed by atoms with van der Waals surface area (Å²) in [5, 5.41) is 3.43. The average molecular weight is 219 g/mol. The maximum absolute atomic E-state index is 3.43. The molecular weight excluding hydrogens is 196 g/mol. The van der Waals surface area contributed by atoms with Crippen molar-refractivity contribution in [3.05, 3.63) is 0 Å². The van der Waals surface area contributed by atoms with Crippen LogP contribution >= 0.6 is 12.4 Å². The lowest BCUT2D eigenvalue weighted by atomic mass is 9.96. The third-order valence-corrected chi connectivity index (χ3v) is 3.42. The van der Waals surface area contributed by atoms with E-state index in [4.69, 9.17) is 0 Å². The van der Waals surface area contributed by atoms with Crippen molar-refractivity contribution in [2.45, 2.75) is 32.1 Å². The molecule has 3 heteroatoms. The summed E-state index contributed by atoms with van der Waals surface area (Å²) in [5.41, 5.74) is 0. The molecule has 2 fully saturated rings. The molecule has 2 heterocycles. The number of nitrogens with one attached hydrogen (secondary N) is 1. The van der Waals surface area contributed by atoms with Crippen molar-refractivity contribution in [2.75, 3.05) is 32.7 Å². The Morgan fingerprint density at radius 2 is 1.64 bits per heavy atom. The van der Waals surface area contributed by atoms with Crippen LogP contribution in [0.1, 0.15) is 32.1 Å². The van der Waals surface area contributed by atoms with E-state index in [1.807, 2.05) is 0 Å². The molecule has 0 radical (unpaired) electrons. The standard InChI is InChI=1S/C11H22N2.ClH/c1-2-8-13(9-3-1)10-11-4-6-12-7-5-11;/h11-12H,1-10H2;1H. The quantitative estimate of drug-likeness (QED) is 0.762. The minimum Gasteiger partial charge on any atom is -0.317 e. The number of likely N-dealkylation sites (tertiary alicyclic amines) is 1. The first-order valence-corrected chi connectivity index (χ1v) is 5.88. The fourth-order valence-electron chi connectivity index (χ4n) is 2.57.